The molecule has 0 aliphatic carbocycles. The lowest BCUT2D eigenvalue weighted by Gasteiger charge is -2.11. The van der Waals surface area contributed by atoms with E-state index in [1.54, 1.807) is 30.3 Å². The van der Waals surface area contributed by atoms with Gasteiger partial charge in [0.1, 0.15) is 11.5 Å². The van der Waals surface area contributed by atoms with Gasteiger partial charge in [-0.15, -0.1) is 0 Å². The molecule has 138 valence electrons. The topological polar surface area (TPSA) is 76.7 Å². The van der Waals surface area contributed by atoms with Crippen LogP contribution >= 0.6 is 31.9 Å². The zero-order valence-electron chi connectivity index (χ0n) is 14.1. The molecule has 0 bridgehead atoms. The van der Waals surface area contributed by atoms with Gasteiger partial charge in [0.05, 0.1) is 4.47 Å². The van der Waals surface area contributed by atoms with E-state index in [0.717, 1.165) is 20.9 Å². The monoisotopic (exact) mass is 484 g/mol. The fourth-order valence-corrected chi connectivity index (χ4v) is 2.72. The Kier molecular flexibility index (Phi) is 7.93. The van der Waals surface area contributed by atoms with Gasteiger partial charge in [-0.05, 0) is 64.3 Å². The second-order valence-corrected chi connectivity index (χ2v) is 7.02. The summed E-state index contributed by atoms with van der Waals surface area (Å²) < 4.78 is 12.4. The van der Waals surface area contributed by atoms with Crippen molar-refractivity contribution in [2.45, 2.75) is 13.3 Å². The molecule has 26 heavy (non-hydrogen) atoms. The number of rotatable bonds is 7. The van der Waals surface area contributed by atoms with E-state index in [9.17, 15) is 9.59 Å². The summed E-state index contributed by atoms with van der Waals surface area (Å²) in [5, 5.41) is 0. The first-order valence-corrected chi connectivity index (χ1v) is 9.43. The molecule has 0 spiro atoms. The molecule has 2 aromatic carbocycles. The molecule has 0 saturated carbocycles. The molecule has 0 unspecified atom stereocenters. The van der Waals surface area contributed by atoms with Gasteiger partial charge >= 0.3 is 0 Å². The number of benzene rings is 2. The predicted octanol–water partition coefficient (Wildman–Crippen LogP) is 3.38. The number of aryl methyl sites for hydroxylation is 1. The Bertz CT molecular complexity index is 766. The number of nitrogens with one attached hydrogen (secondary N) is 2. The Morgan fingerprint density at radius 1 is 0.923 bits per heavy atom. The van der Waals surface area contributed by atoms with Crippen LogP contribution in [-0.4, -0.2) is 25.0 Å². The molecule has 0 aliphatic rings. The molecule has 0 aliphatic heterocycles. The van der Waals surface area contributed by atoms with Crippen LogP contribution in [0.1, 0.15) is 12.5 Å². The Labute approximate surface area is 168 Å². The zero-order chi connectivity index (χ0) is 18.9. The van der Waals surface area contributed by atoms with Crippen LogP contribution in [0.2, 0.25) is 0 Å². The Morgan fingerprint density at radius 2 is 1.54 bits per heavy atom. The van der Waals surface area contributed by atoms with E-state index in [4.69, 9.17) is 9.47 Å². The van der Waals surface area contributed by atoms with Gasteiger partial charge in [0.25, 0.3) is 11.8 Å². The number of amides is 2. The molecule has 6 nitrogen and oxygen atoms in total. The lowest BCUT2D eigenvalue weighted by molar-refractivity contribution is -0.131. The molecule has 2 N–H and O–H groups in total. The maximum Gasteiger partial charge on any atom is 0.276 e. The standard InChI is InChI=1S/C18H18Br2N2O4/c1-2-12-3-8-16(15(20)9-12)26-11-18(24)22-21-17(23)10-25-14-6-4-13(19)5-7-14/h3-9H,2,10-11H2,1H3,(H,21,23)(H,22,24). The van der Waals surface area contributed by atoms with Crippen molar-refractivity contribution in [3.8, 4) is 11.5 Å². The molecule has 2 aromatic rings. The highest BCUT2D eigenvalue weighted by Crippen LogP contribution is 2.26. The third-order valence-corrected chi connectivity index (χ3v) is 4.44. The molecule has 0 heterocycles. The first-order chi connectivity index (χ1) is 12.5. The van der Waals surface area contributed by atoms with E-state index in [2.05, 4.69) is 49.6 Å². The van der Waals surface area contributed by atoms with Crippen LogP contribution in [0.25, 0.3) is 0 Å². The SMILES string of the molecule is CCc1ccc(OCC(=O)NNC(=O)COc2ccc(Br)cc2)c(Br)c1. The molecule has 0 aromatic heterocycles. The molecular formula is C18H18Br2N2O4. The molecule has 2 amide bonds. The number of carbonyl (C=O) groups is 2. The zero-order valence-corrected chi connectivity index (χ0v) is 17.2. The second kappa shape index (κ2) is 10.2. The highest BCUT2D eigenvalue weighted by Gasteiger charge is 2.08. The van der Waals surface area contributed by atoms with Crippen LogP contribution in [0.15, 0.2) is 51.4 Å². The maximum atomic E-state index is 11.8. The van der Waals surface area contributed by atoms with Gasteiger partial charge in [-0.2, -0.15) is 0 Å². The van der Waals surface area contributed by atoms with E-state index < -0.39 is 11.8 Å². The molecule has 2 rings (SSSR count). The summed E-state index contributed by atoms with van der Waals surface area (Å²) in [4.78, 5) is 23.4. The first kappa shape index (κ1) is 20.3. The molecular weight excluding hydrogens is 468 g/mol. The minimum atomic E-state index is -0.478. The smallest absolute Gasteiger partial charge is 0.276 e. The molecule has 0 atom stereocenters. The Balaban J connectivity index is 1.69. The third kappa shape index (κ3) is 6.68. The van der Waals surface area contributed by atoms with Crippen molar-refractivity contribution < 1.29 is 19.1 Å². The van der Waals surface area contributed by atoms with Gasteiger partial charge in [-0.25, -0.2) is 0 Å². The summed E-state index contributed by atoms with van der Waals surface area (Å²) >= 11 is 6.71. The number of carbonyl (C=O) groups excluding carboxylic acids is 2. The van der Waals surface area contributed by atoms with Gasteiger partial charge in [0.15, 0.2) is 13.2 Å². The number of halogens is 2. The third-order valence-electron chi connectivity index (χ3n) is 3.29. The highest BCUT2D eigenvalue weighted by molar-refractivity contribution is 9.10. The number of hydrogen-bond acceptors (Lipinski definition) is 4. The van der Waals surface area contributed by atoms with Crippen molar-refractivity contribution in [2.75, 3.05) is 13.2 Å². The van der Waals surface area contributed by atoms with Crippen molar-refractivity contribution in [3.05, 3.63) is 57.0 Å². The summed E-state index contributed by atoms with van der Waals surface area (Å²) in [6, 6.07) is 12.7. The van der Waals surface area contributed by atoms with Gasteiger partial charge in [0, 0.05) is 4.47 Å². The van der Waals surface area contributed by atoms with Crippen molar-refractivity contribution in [2.24, 2.45) is 0 Å². The van der Waals surface area contributed by atoms with Gasteiger partial charge < -0.3 is 9.47 Å². The van der Waals surface area contributed by atoms with Gasteiger partial charge in [0.2, 0.25) is 0 Å². The maximum absolute atomic E-state index is 11.8. The van der Waals surface area contributed by atoms with Crippen LogP contribution in [-0.2, 0) is 16.0 Å². The summed E-state index contributed by atoms with van der Waals surface area (Å²) in [7, 11) is 0. The van der Waals surface area contributed by atoms with E-state index in [0.29, 0.717) is 11.5 Å². The highest BCUT2D eigenvalue weighted by atomic mass is 79.9. The van der Waals surface area contributed by atoms with Crippen LogP contribution in [0.4, 0.5) is 0 Å². The minimum Gasteiger partial charge on any atom is -0.484 e. The average Bonchev–Trinajstić information content (AvgIpc) is 2.64. The number of ether oxygens (including phenoxy) is 2. The number of hydrogen-bond donors (Lipinski definition) is 2. The van der Waals surface area contributed by atoms with Crippen LogP contribution in [0.5, 0.6) is 11.5 Å². The first-order valence-electron chi connectivity index (χ1n) is 7.85. The lowest BCUT2D eigenvalue weighted by atomic mass is 10.2. The van der Waals surface area contributed by atoms with Gasteiger partial charge in [-0.3, -0.25) is 20.4 Å². The fourth-order valence-electron chi connectivity index (χ4n) is 1.92. The van der Waals surface area contributed by atoms with Crippen LogP contribution in [0.3, 0.4) is 0 Å². The van der Waals surface area contributed by atoms with Crippen molar-refractivity contribution in [1.29, 1.82) is 0 Å². The van der Waals surface area contributed by atoms with E-state index >= 15 is 0 Å². The molecule has 0 saturated heterocycles. The van der Waals surface area contributed by atoms with Gasteiger partial charge in [-0.1, -0.05) is 28.9 Å². The average molecular weight is 486 g/mol. The number of hydrazine groups is 1. The molecule has 8 heteroatoms. The fraction of sp³-hybridized carbons (Fsp3) is 0.222. The van der Waals surface area contributed by atoms with Crippen molar-refractivity contribution >= 4 is 43.7 Å². The summed E-state index contributed by atoms with van der Waals surface area (Å²) in [6.45, 7) is 1.61. The van der Waals surface area contributed by atoms with Crippen molar-refractivity contribution in [3.63, 3.8) is 0 Å². The van der Waals surface area contributed by atoms with E-state index in [1.165, 1.54) is 0 Å². The van der Waals surface area contributed by atoms with Crippen molar-refractivity contribution in [1.82, 2.24) is 10.9 Å². The Hall–Kier alpha value is -2.06. The molecule has 0 fully saturated rings. The Morgan fingerprint density at radius 3 is 2.12 bits per heavy atom. The quantitative estimate of drug-likeness (QED) is 0.589. The molecule has 0 radical (unpaired) electrons. The van der Waals surface area contributed by atoms with E-state index in [-0.39, 0.29) is 13.2 Å². The van der Waals surface area contributed by atoms with Crippen LogP contribution < -0.4 is 20.3 Å². The minimum absolute atomic E-state index is 0.215. The summed E-state index contributed by atoms with van der Waals surface area (Å²) in [5.74, 6) is 0.156. The normalized spacial score (nSPS) is 10.1. The lowest BCUT2D eigenvalue weighted by Crippen LogP contribution is -2.45. The largest absolute Gasteiger partial charge is 0.484 e. The van der Waals surface area contributed by atoms with E-state index in [1.807, 2.05) is 12.1 Å². The van der Waals surface area contributed by atoms with Crippen LogP contribution in [0, 0.1) is 0 Å². The summed E-state index contributed by atoms with van der Waals surface area (Å²) in [5.41, 5.74) is 5.70. The predicted molar refractivity (Wildman–Crippen MR) is 105 cm³/mol. The second-order valence-electron chi connectivity index (χ2n) is 5.25. The summed E-state index contributed by atoms with van der Waals surface area (Å²) in [6.07, 6.45) is 0.910.